The normalized spacial score (nSPS) is 16.4. The highest BCUT2D eigenvalue weighted by molar-refractivity contribution is 5.87. The molecule has 3 nitrogen and oxygen atoms in total. The first-order chi connectivity index (χ1) is 7.85. The van der Waals surface area contributed by atoms with Crippen LogP contribution in [0.15, 0.2) is 30.3 Å². The predicted molar refractivity (Wildman–Crippen MR) is 70.4 cm³/mol. The van der Waals surface area contributed by atoms with E-state index in [-0.39, 0.29) is 11.9 Å². The lowest BCUT2D eigenvalue weighted by Gasteiger charge is -2.27. The Kier molecular flexibility index (Phi) is 4.29. The second kappa shape index (κ2) is 5.32. The van der Waals surface area contributed by atoms with Crippen LogP contribution in [-0.4, -0.2) is 11.9 Å². The van der Waals surface area contributed by atoms with E-state index in [4.69, 9.17) is 5.73 Å². The summed E-state index contributed by atoms with van der Waals surface area (Å²) in [7, 11) is 0. The third-order valence-corrected chi connectivity index (χ3v) is 3.20. The Bertz CT molecular complexity index is 371. The van der Waals surface area contributed by atoms with Gasteiger partial charge in [0.05, 0.1) is 0 Å². The molecule has 0 bridgehead atoms. The molecule has 0 aliphatic heterocycles. The molecular weight excluding hydrogens is 212 g/mol. The van der Waals surface area contributed by atoms with Crippen LogP contribution in [0.5, 0.6) is 0 Å². The minimum absolute atomic E-state index is 0.120. The van der Waals surface area contributed by atoms with Gasteiger partial charge in [0.15, 0.2) is 0 Å². The van der Waals surface area contributed by atoms with Gasteiger partial charge >= 0.3 is 0 Å². The van der Waals surface area contributed by atoms with Crippen LogP contribution in [-0.2, 0) is 10.3 Å². The Morgan fingerprint density at radius 2 is 1.76 bits per heavy atom. The Morgan fingerprint density at radius 3 is 2.24 bits per heavy atom. The van der Waals surface area contributed by atoms with E-state index in [1.165, 1.54) is 0 Å². The summed E-state index contributed by atoms with van der Waals surface area (Å²) in [5.41, 5.74) is 5.96. The van der Waals surface area contributed by atoms with E-state index in [9.17, 15) is 4.79 Å². The van der Waals surface area contributed by atoms with E-state index in [1.807, 2.05) is 37.3 Å². The zero-order valence-electron chi connectivity index (χ0n) is 11.0. The Morgan fingerprint density at radius 1 is 1.24 bits per heavy atom. The number of nitrogens with two attached hydrogens (primary N) is 1. The molecule has 0 heterocycles. The van der Waals surface area contributed by atoms with E-state index in [0.29, 0.717) is 5.92 Å². The van der Waals surface area contributed by atoms with Gasteiger partial charge in [-0.25, -0.2) is 0 Å². The molecule has 1 amide bonds. The van der Waals surface area contributed by atoms with Crippen molar-refractivity contribution in [2.75, 3.05) is 0 Å². The van der Waals surface area contributed by atoms with Crippen molar-refractivity contribution in [1.29, 1.82) is 0 Å². The number of amides is 1. The maximum absolute atomic E-state index is 12.1. The summed E-state index contributed by atoms with van der Waals surface area (Å²) in [6.07, 6.45) is 0. The van der Waals surface area contributed by atoms with Crippen molar-refractivity contribution in [2.45, 2.75) is 39.3 Å². The molecular formula is C14H22N2O. The van der Waals surface area contributed by atoms with Gasteiger partial charge in [0.1, 0.15) is 5.54 Å². The van der Waals surface area contributed by atoms with Gasteiger partial charge in [-0.15, -0.1) is 0 Å². The van der Waals surface area contributed by atoms with Gasteiger partial charge in [-0.2, -0.15) is 0 Å². The van der Waals surface area contributed by atoms with Crippen molar-refractivity contribution in [2.24, 2.45) is 11.7 Å². The van der Waals surface area contributed by atoms with E-state index in [0.717, 1.165) is 5.56 Å². The van der Waals surface area contributed by atoms with Crippen LogP contribution in [0, 0.1) is 5.92 Å². The Balaban J connectivity index is 2.81. The first-order valence-electron chi connectivity index (χ1n) is 6.01. The zero-order chi connectivity index (χ0) is 13.1. The van der Waals surface area contributed by atoms with Crippen LogP contribution < -0.4 is 11.1 Å². The second-order valence-electron chi connectivity index (χ2n) is 5.07. The van der Waals surface area contributed by atoms with Crippen molar-refractivity contribution in [3.05, 3.63) is 35.9 Å². The van der Waals surface area contributed by atoms with Gasteiger partial charge < -0.3 is 11.1 Å². The summed E-state index contributed by atoms with van der Waals surface area (Å²) in [5, 5.41) is 2.95. The highest BCUT2D eigenvalue weighted by Crippen LogP contribution is 2.18. The van der Waals surface area contributed by atoms with Crippen molar-refractivity contribution in [3.63, 3.8) is 0 Å². The largest absolute Gasteiger partial charge is 0.351 e. The molecule has 17 heavy (non-hydrogen) atoms. The van der Waals surface area contributed by atoms with Gasteiger partial charge in [-0.05, 0) is 25.3 Å². The van der Waals surface area contributed by atoms with Crippen LogP contribution >= 0.6 is 0 Å². The number of nitrogens with one attached hydrogen (secondary N) is 1. The van der Waals surface area contributed by atoms with Crippen LogP contribution in [0.3, 0.4) is 0 Å². The summed E-state index contributed by atoms with van der Waals surface area (Å²) in [5.74, 6) is 0.260. The van der Waals surface area contributed by atoms with Crippen LogP contribution in [0.1, 0.15) is 33.3 Å². The van der Waals surface area contributed by atoms with Crippen LogP contribution in [0.4, 0.5) is 0 Å². The molecule has 2 unspecified atom stereocenters. The highest BCUT2D eigenvalue weighted by atomic mass is 16.2. The fraction of sp³-hybridized carbons (Fsp3) is 0.500. The molecule has 0 saturated carbocycles. The number of hydrogen-bond donors (Lipinski definition) is 2. The van der Waals surface area contributed by atoms with Gasteiger partial charge in [0, 0.05) is 6.04 Å². The molecule has 0 aliphatic rings. The molecule has 0 aromatic heterocycles. The first-order valence-corrected chi connectivity index (χ1v) is 6.01. The third-order valence-electron chi connectivity index (χ3n) is 3.20. The Labute approximate surface area is 103 Å². The monoisotopic (exact) mass is 234 g/mol. The van der Waals surface area contributed by atoms with Gasteiger partial charge in [-0.1, -0.05) is 44.2 Å². The van der Waals surface area contributed by atoms with Crippen molar-refractivity contribution in [1.82, 2.24) is 5.32 Å². The average molecular weight is 234 g/mol. The quantitative estimate of drug-likeness (QED) is 0.837. The fourth-order valence-corrected chi connectivity index (χ4v) is 1.44. The van der Waals surface area contributed by atoms with Gasteiger partial charge in [0.2, 0.25) is 5.91 Å². The summed E-state index contributed by atoms with van der Waals surface area (Å²) in [6, 6.07) is 9.56. The molecule has 2 atom stereocenters. The minimum atomic E-state index is -0.982. The highest BCUT2D eigenvalue weighted by Gasteiger charge is 2.31. The molecule has 1 aromatic carbocycles. The second-order valence-corrected chi connectivity index (χ2v) is 5.07. The maximum atomic E-state index is 12.1. The molecule has 0 spiro atoms. The first kappa shape index (κ1) is 13.7. The van der Waals surface area contributed by atoms with Crippen molar-refractivity contribution in [3.8, 4) is 0 Å². The summed E-state index contributed by atoms with van der Waals surface area (Å²) in [6.45, 7) is 7.87. The summed E-state index contributed by atoms with van der Waals surface area (Å²) >= 11 is 0. The standard InChI is InChI=1S/C14H22N2O/c1-10(2)11(3)16-13(17)14(4,15)12-8-6-5-7-9-12/h5-11H,15H2,1-4H3,(H,16,17). The smallest absolute Gasteiger partial charge is 0.244 e. The lowest BCUT2D eigenvalue weighted by atomic mass is 9.91. The number of benzene rings is 1. The van der Waals surface area contributed by atoms with E-state index in [1.54, 1.807) is 6.92 Å². The van der Waals surface area contributed by atoms with Crippen LogP contribution in [0.2, 0.25) is 0 Å². The van der Waals surface area contributed by atoms with Crippen molar-refractivity contribution < 1.29 is 4.79 Å². The average Bonchev–Trinajstić information content (AvgIpc) is 2.29. The molecule has 1 rings (SSSR count). The summed E-state index contributed by atoms with van der Waals surface area (Å²) < 4.78 is 0. The zero-order valence-corrected chi connectivity index (χ0v) is 11.0. The van der Waals surface area contributed by atoms with Gasteiger partial charge in [-0.3, -0.25) is 4.79 Å². The van der Waals surface area contributed by atoms with Crippen molar-refractivity contribution >= 4 is 5.91 Å². The maximum Gasteiger partial charge on any atom is 0.244 e. The number of rotatable bonds is 4. The van der Waals surface area contributed by atoms with E-state index in [2.05, 4.69) is 19.2 Å². The lowest BCUT2D eigenvalue weighted by molar-refractivity contribution is -0.127. The molecule has 0 aliphatic carbocycles. The summed E-state index contributed by atoms with van der Waals surface area (Å²) in [4.78, 5) is 12.1. The predicted octanol–water partition coefficient (Wildman–Crippen LogP) is 2.02. The SMILES string of the molecule is CC(C)C(C)NC(=O)C(C)(N)c1ccccc1. The number of carbonyl (C=O) groups excluding carboxylic acids is 1. The fourth-order valence-electron chi connectivity index (χ4n) is 1.44. The number of hydrogen-bond acceptors (Lipinski definition) is 2. The topological polar surface area (TPSA) is 55.1 Å². The Hall–Kier alpha value is -1.35. The third kappa shape index (κ3) is 3.30. The lowest BCUT2D eigenvalue weighted by Crippen LogP contribution is -2.52. The molecule has 0 radical (unpaired) electrons. The van der Waals surface area contributed by atoms with E-state index >= 15 is 0 Å². The minimum Gasteiger partial charge on any atom is -0.351 e. The van der Waals surface area contributed by atoms with Crippen LogP contribution in [0.25, 0.3) is 0 Å². The number of carbonyl (C=O) groups is 1. The molecule has 3 heteroatoms. The van der Waals surface area contributed by atoms with Gasteiger partial charge in [0.25, 0.3) is 0 Å². The molecule has 1 aromatic rings. The molecule has 94 valence electrons. The molecule has 3 N–H and O–H groups in total. The van der Waals surface area contributed by atoms with E-state index < -0.39 is 5.54 Å². The molecule has 0 fully saturated rings. The molecule has 0 saturated heterocycles.